The van der Waals surface area contributed by atoms with E-state index < -0.39 is 11.8 Å². The minimum Gasteiger partial charge on any atom is -0.497 e. The van der Waals surface area contributed by atoms with E-state index >= 15 is 0 Å². The summed E-state index contributed by atoms with van der Waals surface area (Å²) in [5.41, 5.74) is 5.45. The number of ether oxygens (including phenoxy) is 2. The molecule has 37 heavy (non-hydrogen) atoms. The second-order valence-corrected chi connectivity index (χ2v) is 9.31. The van der Waals surface area contributed by atoms with Gasteiger partial charge in [0.15, 0.2) is 5.11 Å². The van der Waals surface area contributed by atoms with Gasteiger partial charge in [0, 0.05) is 23.1 Å². The molecular formula is C29H31N3O4S. The SMILES string of the molecule is CCCCc1ccc(-n2c(C)cc(/C=C3\C(=O)NC(=S)N(c4ccc(OC)cc4OC)C3=O)c2C)cc1. The molecule has 1 aliphatic rings. The summed E-state index contributed by atoms with van der Waals surface area (Å²) in [5, 5.41) is 2.63. The number of benzene rings is 2. The summed E-state index contributed by atoms with van der Waals surface area (Å²) in [4.78, 5) is 27.7. The summed E-state index contributed by atoms with van der Waals surface area (Å²) in [6.45, 7) is 6.17. The van der Waals surface area contributed by atoms with Gasteiger partial charge in [-0.25, -0.2) is 4.90 Å². The first-order chi connectivity index (χ1) is 17.8. The molecule has 0 radical (unpaired) electrons. The molecule has 192 valence electrons. The van der Waals surface area contributed by atoms with Gasteiger partial charge in [0.05, 0.1) is 19.9 Å². The lowest BCUT2D eigenvalue weighted by atomic mass is 10.1. The third kappa shape index (κ3) is 5.15. The highest BCUT2D eigenvalue weighted by molar-refractivity contribution is 7.80. The van der Waals surface area contributed by atoms with Crippen molar-refractivity contribution in [2.75, 3.05) is 19.1 Å². The average Bonchev–Trinajstić information content (AvgIpc) is 3.17. The van der Waals surface area contributed by atoms with Crippen LogP contribution in [0.2, 0.25) is 0 Å². The van der Waals surface area contributed by atoms with Gasteiger partial charge in [-0.3, -0.25) is 14.9 Å². The molecular weight excluding hydrogens is 486 g/mol. The van der Waals surface area contributed by atoms with Crippen molar-refractivity contribution in [3.05, 3.63) is 76.6 Å². The van der Waals surface area contributed by atoms with E-state index in [0.717, 1.165) is 41.9 Å². The molecule has 8 heteroatoms. The third-order valence-electron chi connectivity index (χ3n) is 6.51. The molecule has 7 nitrogen and oxygen atoms in total. The zero-order valence-electron chi connectivity index (χ0n) is 21.8. The van der Waals surface area contributed by atoms with Crippen LogP contribution >= 0.6 is 12.2 Å². The largest absolute Gasteiger partial charge is 0.497 e. The van der Waals surface area contributed by atoms with E-state index in [-0.39, 0.29) is 10.7 Å². The second-order valence-electron chi connectivity index (χ2n) is 8.93. The van der Waals surface area contributed by atoms with Crippen molar-refractivity contribution in [3.63, 3.8) is 0 Å². The van der Waals surface area contributed by atoms with Crippen LogP contribution < -0.4 is 19.7 Å². The Balaban J connectivity index is 1.70. The number of aryl methyl sites for hydroxylation is 2. The van der Waals surface area contributed by atoms with Crippen LogP contribution in [0.5, 0.6) is 11.5 Å². The third-order valence-corrected chi connectivity index (χ3v) is 6.80. The molecule has 4 rings (SSSR count). The number of anilines is 1. The van der Waals surface area contributed by atoms with Gasteiger partial charge in [-0.2, -0.15) is 0 Å². The zero-order chi connectivity index (χ0) is 26.7. The monoisotopic (exact) mass is 517 g/mol. The summed E-state index contributed by atoms with van der Waals surface area (Å²) in [6, 6.07) is 15.5. The standard InChI is InChI=1S/C29H31N3O4S/c1-6-7-8-20-9-11-22(12-10-20)31-18(2)15-21(19(31)3)16-24-27(33)30-29(37)32(28(24)34)25-14-13-23(35-4)17-26(25)36-5/h9-17H,6-8H2,1-5H3,(H,30,33,37)/b24-16+. The lowest BCUT2D eigenvalue weighted by Crippen LogP contribution is -2.54. The van der Waals surface area contributed by atoms with Crippen LogP contribution in [0.25, 0.3) is 11.8 Å². The van der Waals surface area contributed by atoms with Gasteiger partial charge in [-0.15, -0.1) is 0 Å². The fourth-order valence-corrected chi connectivity index (χ4v) is 4.80. The van der Waals surface area contributed by atoms with Crippen molar-refractivity contribution >= 4 is 40.9 Å². The van der Waals surface area contributed by atoms with E-state index in [1.54, 1.807) is 31.4 Å². The number of unbranched alkanes of at least 4 members (excludes halogenated alkanes) is 1. The summed E-state index contributed by atoms with van der Waals surface area (Å²) in [6.07, 6.45) is 5.01. The van der Waals surface area contributed by atoms with E-state index in [0.29, 0.717) is 17.2 Å². The number of nitrogens with one attached hydrogen (secondary N) is 1. The number of hydrogen-bond acceptors (Lipinski definition) is 5. The first-order valence-electron chi connectivity index (χ1n) is 12.2. The minimum absolute atomic E-state index is 0.00995. The second kappa shape index (κ2) is 11.0. The number of rotatable bonds is 8. The molecule has 1 fully saturated rings. The van der Waals surface area contributed by atoms with Gasteiger partial charge in [-0.05, 0) is 86.4 Å². The molecule has 0 saturated carbocycles. The summed E-state index contributed by atoms with van der Waals surface area (Å²) in [7, 11) is 3.04. The maximum absolute atomic E-state index is 13.6. The lowest BCUT2D eigenvalue weighted by Gasteiger charge is -2.30. The number of thiocarbonyl (C=S) groups is 1. The molecule has 0 aliphatic carbocycles. The molecule has 2 aromatic carbocycles. The van der Waals surface area contributed by atoms with Crippen molar-refractivity contribution in [2.24, 2.45) is 0 Å². The summed E-state index contributed by atoms with van der Waals surface area (Å²) in [5.74, 6) is -0.0983. The van der Waals surface area contributed by atoms with E-state index in [4.69, 9.17) is 21.7 Å². The Morgan fingerprint density at radius 1 is 1.00 bits per heavy atom. The number of aromatic nitrogens is 1. The van der Waals surface area contributed by atoms with Crippen LogP contribution in [0.4, 0.5) is 5.69 Å². The van der Waals surface area contributed by atoms with Crippen molar-refractivity contribution in [1.29, 1.82) is 0 Å². The topological polar surface area (TPSA) is 72.8 Å². The van der Waals surface area contributed by atoms with Crippen LogP contribution in [-0.2, 0) is 16.0 Å². The van der Waals surface area contributed by atoms with Crippen LogP contribution in [0.1, 0.15) is 42.3 Å². The molecule has 0 bridgehead atoms. The van der Waals surface area contributed by atoms with Gasteiger partial charge >= 0.3 is 0 Å². The number of carbonyl (C=O) groups excluding carboxylic acids is 2. The van der Waals surface area contributed by atoms with Crippen molar-refractivity contribution in [3.8, 4) is 17.2 Å². The Morgan fingerprint density at radius 3 is 2.38 bits per heavy atom. The lowest BCUT2D eigenvalue weighted by molar-refractivity contribution is -0.122. The van der Waals surface area contributed by atoms with E-state index in [2.05, 4.69) is 41.1 Å². The highest BCUT2D eigenvalue weighted by atomic mass is 32.1. The van der Waals surface area contributed by atoms with Crippen LogP contribution in [0.3, 0.4) is 0 Å². The molecule has 0 unspecified atom stereocenters. The van der Waals surface area contributed by atoms with Gasteiger partial charge in [0.1, 0.15) is 17.1 Å². The molecule has 1 aromatic heterocycles. The van der Waals surface area contributed by atoms with Crippen LogP contribution in [0.15, 0.2) is 54.1 Å². The predicted octanol–water partition coefficient (Wildman–Crippen LogP) is 5.29. The zero-order valence-corrected chi connectivity index (χ0v) is 22.6. The van der Waals surface area contributed by atoms with E-state index in [9.17, 15) is 9.59 Å². The maximum atomic E-state index is 13.6. The molecule has 3 aromatic rings. The average molecular weight is 518 g/mol. The molecule has 0 spiro atoms. The molecule has 1 N–H and O–H groups in total. The Labute approximate surface area is 222 Å². The van der Waals surface area contributed by atoms with E-state index in [1.165, 1.54) is 17.6 Å². The molecule has 2 heterocycles. The Bertz CT molecular complexity index is 1390. The Kier molecular flexibility index (Phi) is 7.78. The van der Waals surface area contributed by atoms with Crippen LogP contribution in [0, 0.1) is 13.8 Å². The smallest absolute Gasteiger partial charge is 0.270 e. The van der Waals surface area contributed by atoms with Gasteiger partial charge < -0.3 is 14.0 Å². The summed E-state index contributed by atoms with van der Waals surface area (Å²) < 4.78 is 12.8. The number of amides is 2. The molecule has 1 saturated heterocycles. The first kappa shape index (κ1) is 26.2. The van der Waals surface area contributed by atoms with Gasteiger partial charge in [0.25, 0.3) is 11.8 Å². The van der Waals surface area contributed by atoms with Crippen molar-refractivity contribution in [2.45, 2.75) is 40.0 Å². The predicted molar refractivity (Wildman–Crippen MR) is 150 cm³/mol. The maximum Gasteiger partial charge on any atom is 0.270 e. The number of methoxy groups -OCH3 is 2. The number of hydrogen-bond donors (Lipinski definition) is 1. The van der Waals surface area contributed by atoms with E-state index in [1.807, 2.05) is 19.9 Å². The number of nitrogens with zero attached hydrogens (tertiary/aromatic N) is 2. The van der Waals surface area contributed by atoms with Crippen molar-refractivity contribution < 1.29 is 19.1 Å². The minimum atomic E-state index is -0.538. The quantitative estimate of drug-likeness (QED) is 0.250. The molecule has 1 aliphatic heterocycles. The first-order valence-corrected chi connectivity index (χ1v) is 12.6. The normalized spacial score (nSPS) is 14.8. The summed E-state index contributed by atoms with van der Waals surface area (Å²) >= 11 is 5.36. The molecule has 0 atom stereocenters. The fourth-order valence-electron chi connectivity index (χ4n) is 4.53. The fraction of sp³-hybridized carbons (Fsp3) is 0.276. The van der Waals surface area contributed by atoms with Gasteiger partial charge in [0.2, 0.25) is 0 Å². The Morgan fingerprint density at radius 2 is 1.73 bits per heavy atom. The van der Waals surface area contributed by atoms with Crippen molar-refractivity contribution in [1.82, 2.24) is 9.88 Å². The Hall–Kier alpha value is -3.91. The highest BCUT2D eigenvalue weighted by Crippen LogP contribution is 2.34. The number of carbonyl (C=O) groups is 2. The molecule has 2 amide bonds. The highest BCUT2D eigenvalue weighted by Gasteiger charge is 2.36. The van der Waals surface area contributed by atoms with Crippen LogP contribution in [-0.4, -0.2) is 35.7 Å². The van der Waals surface area contributed by atoms with Gasteiger partial charge in [-0.1, -0.05) is 25.5 Å².